The topological polar surface area (TPSA) is 94.7 Å². The van der Waals surface area contributed by atoms with E-state index in [1.807, 2.05) is 6.92 Å². The maximum absolute atomic E-state index is 12.7. The molecule has 1 N–H and O–H groups in total. The average Bonchev–Trinajstić information content (AvgIpc) is 2.84. The van der Waals surface area contributed by atoms with E-state index in [-0.39, 0.29) is 24.0 Å². The van der Waals surface area contributed by atoms with Crippen molar-refractivity contribution in [1.82, 2.24) is 4.98 Å². The van der Waals surface area contributed by atoms with Gasteiger partial charge in [0.2, 0.25) is 0 Å². The molecule has 0 fully saturated rings. The van der Waals surface area contributed by atoms with E-state index in [9.17, 15) is 14.4 Å². The Balaban J connectivity index is 2.31. The molecule has 0 radical (unpaired) electrons. The average molecular weight is 323 g/mol. The molecule has 7 nitrogen and oxygen atoms in total. The third kappa shape index (κ3) is 3.14. The highest BCUT2D eigenvalue weighted by molar-refractivity contribution is 6.12. The summed E-state index contributed by atoms with van der Waals surface area (Å²) in [4.78, 5) is 39.6. The fraction of sp³-hybridized carbons (Fsp3) is 0.562. The summed E-state index contributed by atoms with van der Waals surface area (Å²) in [6, 6.07) is 0. The molecular formula is C16H21NO6. The predicted octanol–water partition coefficient (Wildman–Crippen LogP) is 1.29. The van der Waals surface area contributed by atoms with Gasteiger partial charge >= 0.3 is 11.9 Å². The zero-order valence-corrected chi connectivity index (χ0v) is 13.7. The minimum atomic E-state index is -0.834. The van der Waals surface area contributed by atoms with Crippen LogP contribution in [0.4, 0.5) is 0 Å². The number of H-pyrrole nitrogens is 1. The Hall–Kier alpha value is -2.15. The van der Waals surface area contributed by atoms with Crippen LogP contribution in [-0.2, 0) is 25.4 Å². The molecule has 0 bridgehead atoms. The van der Waals surface area contributed by atoms with Crippen LogP contribution >= 0.6 is 0 Å². The Morgan fingerprint density at radius 3 is 2.57 bits per heavy atom. The van der Waals surface area contributed by atoms with Crippen LogP contribution in [0.5, 0.6) is 0 Å². The molecule has 1 aliphatic rings. The lowest BCUT2D eigenvalue weighted by atomic mass is 9.77. The van der Waals surface area contributed by atoms with E-state index < -0.39 is 17.9 Å². The molecule has 1 aliphatic carbocycles. The number of esters is 2. The SMILES string of the molecule is COCCOC(=O)c1[nH]c2c(c1C)C(=O)[C@@H](C(=O)OC)[C@@H](C)C2. The van der Waals surface area contributed by atoms with Crippen molar-refractivity contribution in [2.45, 2.75) is 20.3 Å². The number of fused-ring (bicyclic) bond motifs is 1. The third-order valence-electron chi connectivity index (χ3n) is 4.13. The summed E-state index contributed by atoms with van der Waals surface area (Å²) in [6.45, 7) is 3.92. The predicted molar refractivity (Wildman–Crippen MR) is 80.4 cm³/mol. The summed E-state index contributed by atoms with van der Waals surface area (Å²) in [5.74, 6) is -2.42. The fourth-order valence-electron chi connectivity index (χ4n) is 2.96. The van der Waals surface area contributed by atoms with E-state index in [2.05, 4.69) is 4.98 Å². The molecule has 23 heavy (non-hydrogen) atoms. The summed E-state index contributed by atoms with van der Waals surface area (Å²) in [5.41, 5.74) is 1.82. The molecule has 0 amide bonds. The van der Waals surface area contributed by atoms with Crippen LogP contribution in [-0.4, -0.2) is 50.1 Å². The standard InChI is InChI=1S/C16H21NO6/c1-8-7-10-12(14(18)11(8)15(19)22-4)9(2)13(17-10)16(20)23-6-5-21-3/h8,11,17H,5-7H2,1-4H3/t8-,11-/m0/s1. The second-order valence-corrected chi connectivity index (χ2v) is 5.65. The summed E-state index contributed by atoms with van der Waals surface area (Å²) in [5, 5.41) is 0. The van der Waals surface area contributed by atoms with Gasteiger partial charge in [0.05, 0.1) is 13.7 Å². The maximum atomic E-state index is 12.7. The van der Waals surface area contributed by atoms with E-state index in [0.29, 0.717) is 29.8 Å². The van der Waals surface area contributed by atoms with E-state index in [0.717, 1.165) is 0 Å². The molecule has 0 saturated carbocycles. The highest BCUT2D eigenvalue weighted by Crippen LogP contribution is 2.34. The lowest BCUT2D eigenvalue weighted by Crippen LogP contribution is -2.36. The lowest BCUT2D eigenvalue weighted by Gasteiger charge is -2.25. The van der Waals surface area contributed by atoms with E-state index in [1.165, 1.54) is 14.2 Å². The van der Waals surface area contributed by atoms with Gasteiger partial charge in [-0.2, -0.15) is 0 Å². The van der Waals surface area contributed by atoms with Crippen molar-refractivity contribution < 1.29 is 28.6 Å². The zero-order valence-electron chi connectivity index (χ0n) is 13.7. The summed E-state index contributed by atoms with van der Waals surface area (Å²) in [6.07, 6.45) is 0.493. The Labute approximate surface area is 134 Å². The van der Waals surface area contributed by atoms with E-state index in [4.69, 9.17) is 14.2 Å². The number of methoxy groups -OCH3 is 2. The quantitative estimate of drug-likeness (QED) is 0.498. The molecule has 7 heteroatoms. The largest absolute Gasteiger partial charge is 0.468 e. The highest BCUT2D eigenvalue weighted by atomic mass is 16.6. The van der Waals surface area contributed by atoms with Crippen LogP contribution in [0.1, 0.15) is 39.0 Å². The van der Waals surface area contributed by atoms with Crippen molar-refractivity contribution in [3.05, 3.63) is 22.5 Å². The molecule has 126 valence electrons. The Kier molecular flexibility index (Phi) is 5.20. The molecule has 0 aliphatic heterocycles. The second-order valence-electron chi connectivity index (χ2n) is 5.65. The Morgan fingerprint density at radius 1 is 1.26 bits per heavy atom. The van der Waals surface area contributed by atoms with Crippen LogP contribution in [0.3, 0.4) is 0 Å². The third-order valence-corrected chi connectivity index (χ3v) is 4.13. The number of nitrogens with one attached hydrogen (secondary N) is 1. The van der Waals surface area contributed by atoms with Gasteiger partial charge in [-0.25, -0.2) is 4.79 Å². The van der Waals surface area contributed by atoms with E-state index >= 15 is 0 Å². The minimum absolute atomic E-state index is 0.133. The van der Waals surface area contributed by atoms with Crippen LogP contribution in [0.25, 0.3) is 0 Å². The number of ether oxygens (including phenoxy) is 3. The molecule has 2 rings (SSSR count). The molecule has 1 aromatic heterocycles. The fourth-order valence-corrected chi connectivity index (χ4v) is 2.96. The van der Waals surface area contributed by atoms with Crippen molar-refractivity contribution >= 4 is 17.7 Å². The molecule has 2 atom stereocenters. The van der Waals surface area contributed by atoms with Gasteiger partial charge in [0.15, 0.2) is 5.78 Å². The van der Waals surface area contributed by atoms with Gasteiger partial charge in [-0.3, -0.25) is 9.59 Å². The number of aromatic nitrogens is 1. The van der Waals surface area contributed by atoms with Gasteiger partial charge < -0.3 is 19.2 Å². The summed E-state index contributed by atoms with van der Waals surface area (Å²) >= 11 is 0. The first-order valence-electron chi connectivity index (χ1n) is 7.41. The Bertz CT molecular complexity index is 633. The number of carbonyl (C=O) groups excluding carboxylic acids is 3. The van der Waals surface area contributed by atoms with Crippen LogP contribution in [0.2, 0.25) is 0 Å². The van der Waals surface area contributed by atoms with Gasteiger partial charge in [0.1, 0.15) is 18.2 Å². The van der Waals surface area contributed by atoms with Crippen LogP contribution in [0.15, 0.2) is 0 Å². The number of carbonyl (C=O) groups is 3. The van der Waals surface area contributed by atoms with Gasteiger partial charge in [-0.15, -0.1) is 0 Å². The van der Waals surface area contributed by atoms with Gasteiger partial charge in [-0.1, -0.05) is 6.92 Å². The summed E-state index contributed by atoms with van der Waals surface area (Å²) in [7, 11) is 2.78. The monoisotopic (exact) mass is 323 g/mol. The second kappa shape index (κ2) is 6.95. The number of hydrogen-bond acceptors (Lipinski definition) is 6. The zero-order chi connectivity index (χ0) is 17.1. The maximum Gasteiger partial charge on any atom is 0.355 e. The molecule has 1 aromatic rings. The smallest absolute Gasteiger partial charge is 0.355 e. The van der Waals surface area contributed by atoms with Crippen molar-refractivity contribution in [2.75, 3.05) is 27.4 Å². The number of hydrogen-bond donors (Lipinski definition) is 1. The van der Waals surface area contributed by atoms with E-state index in [1.54, 1.807) is 6.92 Å². The molecule has 0 aromatic carbocycles. The number of Topliss-reactive ketones (excluding diaryl/α,β-unsaturated/α-hetero) is 1. The number of rotatable bonds is 5. The molecular weight excluding hydrogens is 302 g/mol. The van der Waals surface area contributed by atoms with Crippen molar-refractivity contribution in [2.24, 2.45) is 11.8 Å². The number of ketones is 1. The molecule has 1 heterocycles. The van der Waals surface area contributed by atoms with Gasteiger partial charge in [0, 0.05) is 18.4 Å². The highest BCUT2D eigenvalue weighted by Gasteiger charge is 2.41. The van der Waals surface area contributed by atoms with Crippen LogP contribution < -0.4 is 0 Å². The molecule has 0 unspecified atom stereocenters. The van der Waals surface area contributed by atoms with Crippen molar-refractivity contribution in [3.63, 3.8) is 0 Å². The van der Waals surface area contributed by atoms with Crippen molar-refractivity contribution in [1.29, 1.82) is 0 Å². The number of aromatic amines is 1. The van der Waals surface area contributed by atoms with Gasteiger partial charge in [0.25, 0.3) is 0 Å². The molecule has 0 spiro atoms. The first-order chi connectivity index (χ1) is 10.9. The first-order valence-corrected chi connectivity index (χ1v) is 7.41. The lowest BCUT2D eigenvalue weighted by molar-refractivity contribution is -0.145. The van der Waals surface area contributed by atoms with Gasteiger partial charge in [-0.05, 0) is 24.8 Å². The van der Waals surface area contributed by atoms with Crippen LogP contribution in [0, 0.1) is 18.8 Å². The minimum Gasteiger partial charge on any atom is -0.468 e. The Morgan fingerprint density at radius 2 is 1.96 bits per heavy atom. The van der Waals surface area contributed by atoms with Crippen molar-refractivity contribution in [3.8, 4) is 0 Å². The molecule has 0 saturated heterocycles. The summed E-state index contributed by atoms with van der Waals surface area (Å²) < 4.78 is 14.6. The first kappa shape index (κ1) is 17.2. The normalized spacial score (nSPS) is 20.1.